The molecular formula is C26H39N5O4S. The van der Waals surface area contributed by atoms with Gasteiger partial charge in [0.1, 0.15) is 17.5 Å². The zero-order valence-electron chi connectivity index (χ0n) is 21.1. The van der Waals surface area contributed by atoms with E-state index in [0.29, 0.717) is 12.2 Å². The van der Waals surface area contributed by atoms with Crippen LogP contribution in [0.1, 0.15) is 51.2 Å². The quantitative estimate of drug-likeness (QED) is 0.291. The molecule has 0 aliphatic carbocycles. The van der Waals surface area contributed by atoms with Crippen LogP contribution in [-0.4, -0.2) is 65.0 Å². The third-order valence-electron chi connectivity index (χ3n) is 6.09. The van der Waals surface area contributed by atoms with E-state index in [1.807, 2.05) is 6.07 Å². The summed E-state index contributed by atoms with van der Waals surface area (Å²) >= 11 is 1.45. The summed E-state index contributed by atoms with van der Waals surface area (Å²) in [5.74, 6) is 0.672. The van der Waals surface area contributed by atoms with E-state index in [4.69, 9.17) is 9.84 Å². The zero-order chi connectivity index (χ0) is 25.6. The number of ether oxygens (including phenoxy) is 1. The number of carbonyl (C=O) groups excluding carboxylic acids is 1. The summed E-state index contributed by atoms with van der Waals surface area (Å²) in [6.07, 6.45) is 8.02. The molecule has 3 N–H and O–H groups in total. The normalized spacial score (nSPS) is 17.3. The molecule has 1 aliphatic heterocycles. The summed E-state index contributed by atoms with van der Waals surface area (Å²) in [4.78, 5) is 30.7. The molecule has 0 radical (unpaired) electrons. The van der Waals surface area contributed by atoms with E-state index >= 15 is 0 Å². The van der Waals surface area contributed by atoms with Crippen LogP contribution in [0.25, 0.3) is 0 Å². The molecule has 1 aromatic carbocycles. The van der Waals surface area contributed by atoms with Gasteiger partial charge in [0, 0.05) is 37.7 Å². The number of benzene rings is 1. The monoisotopic (exact) mass is 517 g/mol. The summed E-state index contributed by atoms with van der Waals surface area (Å²) < 4.78 is 6.96. The fourth-order valence-electron chi connectivity index (χ4n) is 4.02. The van der Waals surface area contributed by atoms with Gasteiger partial charge in [0.15, 0.2) is 0 Å². The van der Waals surface area contributed by atoms with Gasteiger partial charge in [-0.05, 0) is 57.0 Å². The highest BCUT2D eigenvalue weighted by Crippen LogP contribution is 2.30. The average molecular weight is 518 g/mol. The van der Waals surface area contributed by atoms with Crippen molar-refractivity contribution >= 4 is 29.2 Å². The summed E-state index contributed by atoms with van der Waals surface area (Å²) in [6.45, 7) is 2.88. The van der Waals surface area contributed by atoms with Crippen molar-refractivity contribution < 1.29 is 14.6 Å². The number of rotatable bonds is 16. The van der Waals surface area contributed by atoms with E-state index in [1.54, 1.807) is 12.3 Å². The Kier molecular flexibility index (Phi) is 12.3. The lowest BCUT2D eigenvalue weighted by Gasteiger charge is -2.18. The Bertz CT molecular complexity index is 974. The first-order chi connectivity index (χ1) is 17.6. The number of aliphatic hydroxyl groups excluding tert-OH is 1. The molecule has 2 atom stereocenters. The third kappa shape index (κ3) is 9.57. The molecule has 2 aromatic rings. The summed E-state index contributed by atoms with van der Waals surface area (Å²) in [6, 6.07) is 12.1. The molecule has 1 amide bonds. The van der Waals surface area contributed by atoms with Crippen LogP contribution >= 0.6 is 11.8 Å². The number of nitrogens with zero attached hydrogens (tertiary/aromatic N) is 3. The van der Waals surface area contributed by atoms with Crippen molar-refractivity contribution in [3.63, 3.8) is 0 Å². The summed E-state index contributed by atoms with van der Waals surface area (Å²) in [5, 5.41) is 15.3. The molecule has 0 spiro atoms. The fourth-order valence-corrected chi connectivity index (χ4v) is 4.95. The molecule has 1 fully saturated rings. The number of unbranched alkanes of at least 4 members (excludes halogenated alkanes) is 4. The molecule has 36 heavy (non-hydrogen) atoms. The number of aliphatic hydroxyl groups is 1. The lowest BCUT2D eigenvalue weighted by atomic mass is 10.1. The standard InChI is InChI=1S/C26H39N5O4S/c1-30(21-11-5-4-6-12-21)17-10-3-2-8-15-27-16-9-7-13-23(33)28-22-14-18-31(26(34)29-22)24-20-36-25(19-32)35-24/h4-6,11-12,14,18,24-25,27,32H,2-3,7-10,13,15-17,19-20H2,1H3,(H,28,29,33,34). The number of nitrogens with one attached hydrogen (secondary N) is 2. The van der Waals surface area contributed by atoms with E-state index in [9.17, 15) is 9.59 Å². The van der Waals surface area contributed by atoms with Gasteiger partial charge in [0.05, 0.1) is 6.61 Å². The number of hydrogen-bond acceptors (Lipinski definition) is 8. The number of hydrogen-bond donors (Lipinski definition) is 3. The second-order valence-corrected chi connectivity index (χ2v) is 10.2. The molecule has 198 valence electrons. The van der Waals surface area contributed by atoms with E-state index in [2.05, 4.69) is 51.8 Å². The number of amides is 1. The van der Waals surface area contributed by atoms with Crippen molar-refractivity contribution in [3.05, 3.63) is 53.1 Å². The Labute approximate surface area is 217 Å². The first kappa shape index (κ1) is 28.2. The number of thioether (sulfide) groups is 1. The molecular weight excluding hydrogens is 478 g/mol. The van der Waals surface area contributed by atoms with Crippen molar-refractivity contribution in [2.45, 2.75) is 56.6 Å². The molecule has 1 saturated heterocycles. The van der Waals surface area contributed by atoms with Crippen molar-refractivity contribution in [3.8, 4) is 0 Å². The lowest BCUT2D eigenvalue weighted by molar-refractivity contribution is -0.116. The molecule has 1 aliphatic rings. The van der Waals surface area contributed by atoms with Gasteiger partial charge in [-0.15, -0.1) is 11.8 Å². The summed E-state index contributed by atoms with van der Waals surface area (Å²) in [7, 11) is 2.14. The number of aromatic nitrogens is 2. The van der Waals surface area contributed by atoms with Gasteiger partial charge in [-0.2, -0.15) is 4.98 Å². The maximum Gasteiger partial charge on any atom is 0.351 e. The highest BCUT2D eigenvalue weighted by atomic mass is 32.2. The van der Waals surface area contributed by atoms with Gasteiger partial charge >= 0.3 is 5.69 Å². The maximum atomic E-state index is 12.3. The molecule has 0 saturated carbocycles. The van der Waals surface area contributed by atoms with Crippen LogP contribution < -0.4 is 21.2 Å². The van der Waals surface area contributed by atoms with Crippen LogP contribution in [0.5, 0.6) is 0 Å². The van der Waals surface area contributed by atoms with Crippen molar-refractivity contribution in [1.29, 1.82) is 0 Å². The molecule has 0 bridgehead atoms. The van der Waals surface area contributed by atoms with Crippen molar-refractivity contribution in [2.75, 3.05) is 49.3 Å². The first-order valence-corrected chi connectivity index (χ1v) is 13.9. The molecule has 2 unspecified atom stereocenters. The molecule has 2 heterocycles. The minimum Gasteiger partial charge on any atom is -0.393 e. The topological polar surface area (TPSA) is 109 Å². The fraction of sp³-hybridized carbons (Fsp3) is 0.577. The highest BCUT2D eigenvalue weighted by molar-refractivity contribution is 8.00. The van der Waals surface area contributed by atoms with Gasteiger partial charge < -0.3 is 25.4 Å². The van der Waals surface area contributed by atoms with Crippen LogP contribution in [0.2, 0.25) is 0 Å². The Hall–Kier alpha value is -2.40. The SMILES string of the molecule is CN(CCCCCCNCCCCC(=O)Nc1ccn(C2CSC(CO)O2)c(=O)n1)c1ccccc1. The minimum absolute atomic E-state index is 0.0966. The zero-order valence-corrected chi connectivity index (χ0v) is 21.9. The van der Waals surface area contributed by atoms with Crippen LogP contribution in [0, 0.1) is 0 Å². The smallest absolute Gasteiger partial charge is 0.351 e. The lowest BCUT2D eigenvalue weighted by Crippen LogP contribution is -2.29. The number of anilines is 2. The molecule has 9 nitrogen and oxygen atoms in total. The summed E-state index contributed by atoms with van der Waals surface area (Å²) in [5.41, 5.74) is 0.458. The Morgan fingerprint density at radius 2 is 1.89 bits per heavy atom. The Morgan fingerprint density at radius 1 is 1.14 bits per heavy atom. The average Bonchev–Trinajstić information content (AvgIpc) is 3.37. The predicted molar refractivity (Wildman–Crippen MR) is 145 cm³/mol. The van der Waals surface area contributed by atoms with Crippen LogP contribution in [0.4, 0.5) is 11.5 Å². The van der Waals surface area contributed by atoms with Crippen LogP contribution in [0.15, 0.2) is 47.4 Å². The van der Waals surface area contributed by atoms with Gasteiger partial charge in [-0.3, -0.25) is 9.36 Å². The second kappa shape index (κ2) is 15.7. The predicted octanol–water partition coefficient (Wildman–Crippen LogP) is 3.22. The van der Waals surface area contributed by atoms with Gasteiger partial charge in [0.2, 0.25) is 5.91 Å². The largest absolute Gasteiger partial charge is 0.393 e. The molecule has 3 rings (SSSR count). The second-order valence-electron chi connectivity index (χ2n) is 8.97. The van der Waals surface area contributed by atoms with E-state index in [0.717, 1.165) is 38.9 Å². The van der Waals surface area contributed by atoms with Crippen LogP contribution in [0.3, 0.4) is 0 Å². The van der Waals surface area contributed by atoms with Gasteiger partial charge in [-0.1, -0.05) is 31.0 Å². The van der Waals surface area contributed by atoms with Gasteiger partial charge in [-0.25, -0.2) is 4.79 Å². The third-order valence-corrected chi connectivity index (χ3v) is 7.20. The van der Waals surface area contributed by atoms with Gasteiger partial charge in [0.25, 0.3) is 0 Å². The van der Waals surface area contributed by atoms with Crippen molar-refractivity contribution in [1.82, 2.24) is 14.9 Å². The van der Waals surface area contributed by atoms with E-state index in [-0.39, 0.29) is 23.8 Å². The number of para-hydroxylation sites is 1. The molecule has 1 aromatic heterocycles. The first-order valence-electron chi connectivity index (χ1n) is 12.8. The highest BCUT2D eigenvalue weighted by Gasteiger charge is 2.27. The Balaban J connectivity index is 1.18. The van der Waals surface area contributed by atoms with E-state index < -0.39 is 11.9 Å². The minimum atomic E-state index is -0.482. The van der Waals surface area contributed by atoms with E-state index in [1.165, 1.54) is 41.3 Å². The number of carbonyl (C=O) groups is 1. The maximum absolute atomic E-state index is 12.3. The van der Waals surface area contributed by atoms with Crippen LogP contribution in [-0.2, 0) is 9.53 Å². The molecule has 10 heteroatoms. The van der Waals surface area contributed by atoms with Crippen molar-refractivity contribution in [2.24, 2.45) is 0 Å². The Morgan fingerprint density at radius 3 is 2.61 bits per heavy atom.